The summed E-state index contributed by atoms with van der Waals surface area (Å²) in [4.78, 5) is 4.93. The SMILES string of the molecule is CC(c1cccc2ccccc12)C1(O)CCCCC1N1CC[C@H](N(C)C)C1. The maximum absolute atomic E-state index is 12.0. The monoisotopic (exact) mass is 366 g/mol. The van der Waals surface area contributed by atoms with Crippen molar-refractivity contribution in [1.29, 1.82) is 0 Å². The van der Waals surface area contributed by atoms with Gasteiger partial charge in [-0.3, -0.25) is 4.90 Å². The lowest BCUT2D eigenvalue weighted by Crippen LogP contribution is -2.57. The fourth-order valence-electron chi connectivity index (χ4n) is 5.54. The second-order valence-corrected chi connectivity index (χ2v) is 8.94. The molecule has 2 aromatic rings. The second kappa shape index (κ2) is 7.54. The molecule has 4 rings (SSSR count). The van der Waals surface area contributed by atoms with E-state index in [-0.39, 0.29) is 12.0 Å². The zero-order valence-corrected chi connectivity index (χ0v) is 17.1. The average Bonchev–Trinajstić information content (AvgIpc) is 3.17. The number of likely N-dealkylation sites (tertiary alicyclic amines) is 1. The van der Waals surface area contributed by atoms with E-state index >= 15 is 0 Å². The molecular formula is C24H34N2O. The maximum atomic E-state index is 12.0. The molecule has 1 saturated heterocycles. The zero-order chi connectivity index (χ0) is 19.0. The third kappa shape index (κ3) is 3.41. The van der Waals surface area contributed by atoms with E-state index in [2.05, 4.69) is 73.3 Å². The van der Waals surface area contributed by atoms with Crippen LogP contribution in [0.4, 0.5) is 0 Å². The molecule has 146 valence electrons. The van der Waals surface area contributed by atoms with Crippen LogP contribution in [0.25, 0.3) is 10.8 Å². The van der Waals surface area contributed by atoms with E-state index in [0.29, 0.717) is 6.04 Å². The molecular weight excluding hydrogens is 332 g/mol. The zero-order valence-electron chi connectivity index (χ0n) is 17.1. The normalized spacial score (nSPS) is 30.9. The van der Waals surface area contributed by atoms with Gasteiger partial charge < -0.3 is 10.0 Å². The quantitative estimate of drug-likeness (QED) is 0.876. The van der Waals surface area contributed by atoms with Gasteiger partial charge >= 0.3 is 0 Å². The molecule has 2 aliphatic rings. The summed E-state index contributed by atoms with van der Waals surface area (Å²) in [6, 6.07) is 16.0. The predicted octanol–water partition coefficient (Wildman–Crippen LogP) is 4.25. The van der Waals surface area contributed by atoms with E-state index in [0.717, 1.165) is 32.4 Å². The lowest BCUT2D eigenvalue weighted by molar-refractivity contribution is -0.0843. The Morgan fingerprint density at radius 3 is 2.63 bits per heavy atom. The summed E-state index contributed by atoms with van der Waals surface area (Å²) in [6.07, 6.45) is 5.60. The highest BCUT2D eigenvalue weighted by Gasteiger charge is 2.48. The third-order valence-corrected chi connectivity index (χ3v) is 7.29. The molecule has 0 bridgehead atoms. The van der Waals surface area contributed by atoms with Crippen molar-refractivity contribution in [3.63, 3.8) is 0 Å². The molecule has 27 heavy (non-hydrogen) atoms. The number of benzene rings is 2. The van der Waals surface area contributed by atoms with Gasteiger partial charge in [-0.05, 0) is 49.7 Å². The number of hydrogen-bond donors (Lipinski definition) is 1. The number of hydrogen-bond acceptors (Lipinski definition) is 3. The van der Waals surface area contributed by atoms with Gasteiger partial charge in [-0.1, -0.05) is 62.2 Å². The Kier molecular flexibility index (Phi) is 5.28. The molecule has 3 unspecified atom stereocenters. The largest absolute Gasteiger partial charge is 0.388 e. The van der Waals surface area contributed by atoms with Gasteiger partial charge in [-0.15, -0.1) is 0 Å². The molecule has 0 radical (unpaired) electrons. The highest BCUT2D eigenvalue weighted by Crippen LogP contribution is 2.44. The molecule has 3 heteroatoms. The molecule has 0 aromatic heterocycles. The highest BCUT2D eigenvalue weighted by molar-refractivity contribution is 5.86. The standard InChI is InChI=1S/C24H34N2O/c1-18(21-12-8-10-19-9-4-5-11-22(19)21)24(27)15-7-6-13-23(24)26-16-14-20(17-26)25(2)3/h4-5,8-12,18,20,23,27H,6-7,13-17H2,1-3H3/t18?,20-,23?,24?/m0/s1. The minimum atomic E-state index is -0.649. The number of aliphatic hydroxyl groups is 1. The summed E-state index contributed by atoms with van der Waals surface area (Å²) in [5.74, 6) is 0.132. The van der Waals surface area contributed by atoms with Crippen molar-refractivity contribution < 1.29 is 5.11 Å². The lowest BCUT2D eigenvalue weighted by Gasteiger charge is -2.48. The van der Waals surface area contributed by atoms with Gasteiger partial charge in [-0.2, -0.15) is 0 Å². The van der Waals surface area contributed by atoms with E-state index in [1.54, 1.807) is 0 Å². The van der Waals surface area contributed by atoms with Crippen LogP contribution in [0.3, 0.4) is 0 Å². The van der Waals surface area contributed by atoms with Crippen LogP contribution in [0.5, 0.6) is 0 Å². The number of likely N-dealkylation sites (N-methyl/N-ethyl adjacent to an activating group) is 1. The Morgan fingerprint density at radius 2 is 1.85 bits per heavy atom. The van der Waals surface area contributed by atoms with Crippen molar-refractivity contribution in [3.05, 3.63) is 48.0 Å². The van der Waals surface area contributed by atoms with Gasteiger partial charge in [0.25, 0.3) is 0 Å². The van der Waals surface area contributed by atoms with Crippen LogP contribution in [-0.2, 0) is 0 Å². The smallest absolute Gasteiger partial charge is 0.0867 e. The summed E-state index contributed by atoms with van der Waals surface area (Å²) in [6.45, 7) is 4.44. The van der Waals surface area contributed by atoms with Crippen molar-refractivity contribution >= 4 is 10.8 Å². The molecule has 1 aliphatic carbocycles. The average molecular weight is 367 g/mol. The fraction of sp³-hybridized carbons (Fsp3) is 0.583. The minimum Gasteiger partial charge on any atom is -0.388 e. The van der Waals surface area contributed by atoms with Crippen molar-refractivity contribution in [1.82, 2.24) is 9.80 Å². The highest BCUT2D eigenvalue weighted by atomic mass is 16.3. The van der Waals surface area contributed by atoms with E-state index in [1.807, 2.05) is 0 Å². The molecule has 0 amide bonds. The molecule has 1 heterocycles. The maximum Gasteiger partial charge on any atom is 0.0867 e. The summed E-state index contributed by atoms with van der Waals surface area (Å²) >= 11 is 0. The van der Waals surface area contributed by atoms with Crippen LogP contribution in [0, 0.1) is 0 Å². The second-order valence-electron chi connectivity index (χ2n) is 8.94. The Bertz CT molecular complexity index is 784. The number of rotatable bonds is 4. The molecule has 3 nitrogen and oxygen atoms in total. The van der Waals surface area contributed by atoms with E-state index in [9.17, 15) is 5.11 Å². The number of nitrogens with zero attached hydrogens (tertiary/aromatic N) is 2. The summed E-state index contributed by atoms with van der Waals surface area (Å²) in [5, 5.41) is 14.6. The molecule has 4 atom stereocenters. The van der Waals surface area contributed by atoms with Crippen molar-refractivity contribution in [2.45, 2.75) is 62.6 Å². The molecule has 1 N–H and O–H groups in total. The van der Waals surface area contributed by atoms with E-state index in [4.69, 9.17) is 0 Å². The number of fused-ring (bicyclic) bond motifs is 1. The van der Waals surface area contributed by atoms with Gasteiger partial charge in [0.15, 0.2) is 0 Å². The van der Waals surface area contributed by atoms with Gasteiger partial charge in [0.2, 0.25) is 0 Å². The van der Waals surface area contributed by atoms with Crippen LogP contribution in [0.1, 0.15) is 50.5 Å². The van der Waals surface area contributed by atoms with Crippen molar-refractivity contribution in [2.24, 2.45) is 0 Å². The van der Waals surface area contributed by atoms with Gasteiger partial charge in [-0.25, -0.2) is 0 Å². The van der Waals surface area contributed by atoms with Crippen LogP contribution >= 0.6 is 0 Å². The first-order valence-corrected chi connectivity index (χ1v) is 10.6. The summed E-state index contributed by atoms with van der Waals surface area (Å²) in [5.41, 5.74) is 0.648. The van der Waals surface area contributed by atoms with Gasteiger partial charge in [0.1, 0.15) is 0 Å². The van der Waals surface area contributed by atoms with Crippen molar-refractivity contribution in [3.8, 4) is 0 Å². The molecule has 2 fully saturated rings. The van der Waals surface area contributed by atoms with Crippen LogP contribution < -0.4 is 0 Å². The first-order valence-electron chi connectivity index (χ1n) is 10.6. The Hall–Kier alpha value is -1.42. The van der Waals surface area contributed by atoms with Gasteiger partial charge in [0.05, 0.1) is 5.60 Å². The molecule has 2 aromatic carbocycles. The van der Waals surface area contributed by atoms with Crippen LogP contribution in [-0.4, -0.2) is 59.8 Å². The Morgan fingerprint density at radius 1 is 1.07 bits per heavy atom. The first-order chi connectivity index (χ1) is 13.0. The van der Waals surface area contributed by atoms with E-state index < -0.39 is 5.60 Å². The van der Waals surface area contributed by atoms with Crippen LogP contribution in [0.15, 0.2) is 42.5 Å². The Balaban J connectivity index is 1.66. The van der Waals surface area contributed by atoms with Crippen LogP contribution in [0.2, 0.25) is 0 Å². The topological polar surface area (TPSA) is 26.7 Å². The van der Waals surface area contributed by atoms with Crippen molar-refractivity contribution in [2.75, 3.05) is 27.2 Å². The fourth-order valence-corrected chi connectivity index (χ4v) is 5.54. The predicted molar refractivity (Wildman–Crippen MR) is 113 cm³/mol. The molecule has 1 aliphatic heterocycles. The summed E-state index contributed by atoms with van der Waals surface area (Å²) < 4.78 is 0. The van der Waals surface area contributed by atoms with Gasteiger partial charge in [0, 0.05) is 31.1 Å². The Labute approximate surface area is 164 Å². The third-order valence-electron chi connectivity index (χ3n) is 7.29. The lowest BCUT2D eigenvalue weighted by atomic mass is 9.69. The minimum absolute atomic E-state index is 0.132. The first kappa shape index (κ1) is 18.9. The molecule has 1 saturated carbocycles. The molecule has 0 spiro atoms. The summed E-state index contributed by atoms with van der Waals surface area (Å²) in [7, 11) is 4.36. The van der Waals surface area contributed by atoms with E-state index in [1.165, 1.54) is 29.2 Å².